The first-order valence-corrected chi connectivity index (χ1v) is 5.25. The van der Waals surface area contributed by atoms with Crippen LogP contribution < -0.4 is 11.1 Å². The second-order valence-corrected chi connectivity index (χ2v) is 3.91. The summed E-state index contributed by atoms with van der Waals surface area (Å²) in [6.07, 6.45) is 3.71. The smallest absolute Gasteiger partial charge is 0.289 e. The van der Waals surface area contributed by atoms with E-state index in [0.717, 1.165) is 0 Å². The van der Waals surface area contributed by atoms with Gasteiger partial charge in [-0.05, 0) is 18.8 Å². The summed E-state index contributed by atoms with van der Waals surface area (Å²) >= 11 is 0. The van der Waals surface area contributed by atoms with Crippen molar-refractivity contribution in [3.8, 4) is 0 Å². The summed E-state index contributed by atoms with van der Waals surface area (Å²) < 4.78 is 10.1. The monoisotopic (exact) mass is 212 g/mol. The Balaban J connectivity index is 1.73. The van der Waals surface area contributed by atoms with Crippen molar-refractivity contribution in [1.29, 1.82) is 0 Å². The van der Waals surface area contributed by atoms with E-state index in [4.69, 9.17) is 15.2 Å². The Morgan fingerprint density at radius 2 is 2.40 bits per heavy atom. The quantitative estimate of drug-likeness (QED) is 0.672. The Morgan fingerprint density at radius 3 is 3.00 bits per heavy atom. The maximum Gasteiger partial charge on any atom is 0.289 e. The van der Waals surface area contributed by atoms with Crippen molar-refractivity contribution in [2.45, 2.75) is 18.9 Å². The van der Waals surface area contributed by atoms with Gasteiger partial charge >= 0.3 is 0 Å². The van der Waals surface area contributed by atoms with Crippen molar-refractivity contribution in [3.05, 3.63) is 12.0 Å². The average molecular weight is 212 g/mol. The van der Waals surface area contributed by atoms with Crippen molar-refractivity contribution >= 4 is 5.91 Å². The Kier molecular flexibility index (Phi) is 3.11. The summed E-state index contributed by atoms with van der Waals surface area (Å²) in [6.45, 7) is 1.43. The van der Waals surface area contributed by atoms with Crippen LogP contribution in [0.5, 0.6) is 0 Å². The lowest BCUT2D eigenvalue weighted by atomic mass is 10.2. The third kappa shape index (κ3) is 2.86. The minimum atomic E-state index is -0.245. The van der Waals surface area contributed by atoms with Crippen LogP contribution in [0.15, 0.2) is 12.0 Å². The summed E-state index contributed by atoms with van der Waals surface area (Å²) in [5.41, 5.74) is 5.85. The van der Waals surface area contributed by atoms with Gasteiger partial charge in [0.15, 0.2) is 0 Å². The highest BCUT2D eigenvalue weighted by Gasteiger charge is 2.28. The summed E-state index contributed by atoms with van der Waals surface area (Å²) in [6, 6.07) is 0.0686. The number of carbonyl (C=O) groups is 1. The Bertz CT molecular complexity index is 274. The van der Waals surface area contributed by atoms with Gasteiger partial charge in [-0.3, -0.25) is 4.79 Å². The highest BCUT2D eigenvalue weighted by atomic mass is 16.6. The molecule has 0 radical (unpaired) electrons. The third-order valence-electron chi connectivity index (χ3n) is 2.60. The van der Waals surface area contributed by atoms with Gasteiger partial charge in [0.2, 0.25) is 5.76 Å². The number of rotatable bonds is 4. The lowest BCUT2D eigenvalue weighted by molar-refractivity contribution is -0.122. The summed E-state index contributed by atoms with van der Waals surface area (Å²) in [7, 11) is 0. The van der Waals surface area contributed by atoms with Crippen molar-refractivity contribution in [3.63, 3.8) is 0 Å². The lowest BCUT2D eigenvalue weighted by Gasteiger charge is -2.16. The van der Waals surface area contributed by atoms with E-state index < -0.39 is 0 Å². The first-order valence-electron chi connectivity index (χ1n) is 5.25. The summed E-state index contributed by atoms with van der Waals surface area (Å²) in [5.74, 6) is 0.581. The second-order valence-electron chi connectivity index (χ2n) is 3.91. The van der Waals surface area contributed by atoms with Crippen molar-refractivity contribution < 1.29 is 14.3 Å². The Labute approximate surface area is 88.6 Å². The van der Waals surface area contributed by atoms with E-state index >= 15 is 0 Å². The number of hydrogen-bond donors (Lipinski definition) is 2. The molecule has 1 atom stereocenters. The van der Waals surface area contributed by atoms with E-state index in [0.29, 0.717) is 25.7 Å². The molecule has 5 nitrogen and oxygen atoms in total. The van der Waals surface area contributed by atoms with Crippen molar-refractivity contribution in [1.82, 2.24) is 5.32 Å². The molecule has 1 heterocycles. The van der Waals surface area contributed by atoms with E-state index in [9.17, 15) is 4.79 Å². The molecule has 1 aliphatic heterocycles. The van der Waals surface area contributed by atoms with Crippen LogP contribution >= 0.6 is 0 Å². The summed E-state index contributed by atoms with van der Waals surface area (Å²) in [5, 5.41) is 2.74. The number of nitrogens with one attached hydrogen (secondary N) is 1. The van der Waals surface area contributed by atoms with E-state index in [-0.39, 0.29) is 17.7 Å². The van der Waals surface area contributed by atoms with E-state index in [1.807, 2.05) is 0 Å². The molecule has 0 saturated heterocycles. The predicted molar refractivity (Wildman–Crippen MR) is 53.7 cm³/mol. The van der Waals surface area contributed by atoms with Crippen LogP contribution in [0.1, 0.15) is 12.8 Å². The van der Waals surface area contributed by atoms with Gasteiger partial charge in [0, 0.05) is 12.6 Å². The van der Waals surface area contributed by atoms with Crippen LogP contribution in [0.2, 0.25) is 0 Å². The van der Waals surface area contributed by atoms with E-state index in [2.05, 4.69) is 5.32 Å². The Morgan fingerprint density at radius 1 is 1.60 bits per heavy atom. The molecular formula is C10H16N2O3. The van der Waals surface area contributed by atoms with Gasteiger partial charge in [0.1, 0.15) is 19.5 Å². The molecule has 2 aliphatic rings. The molecule has 15 heavy (non-hydrogen) atoms. The molecule has 2 rings (SSSR count). The zero-order valence-corrected chi connectivity index (χ0v) is 8.57. The molecule has 0 bridgehead atoms. The van der Waals surface area contributed by atoms with E-state index in [1.165, 1.54) is 19.1 Å². The number of nitrogens with two attached hydrogens (primary N) is 1. The topological polar surface area (TPSA) is 73.6 Å². The molecule has 0 spiro atoms. The van der Waals surface area contributed by atoms with Gasteiger partial charge in [0.25, 0.3) is 5.91 Å². The van der Waals surface area contributed by atoms with Gasteiger partial charge in [-0.15, -0.1) is 0 Å². The standard InChI is InChI=1S/C10H16N2O3/c11-8(7-1-2-7)5-12-10(13)9-6-14-3-4-15-9/h6-8H,1-5,11H2,(H,12,13). The molecule has 0 aromatic heterocycles. The minimum absolute atomic E-state index is 0.0686. The summed E-state index contributed by atoms with van der Waals surface area (Å²) in [4.78, 5) is 11.5. The van der Waals surface area contributed by atoms with Gasteiger partial charge in [-0.25, -0.2) is 0 Å². The second kappa shape index (κ2) is 4.53. The molecule has 1 aliphatic carbocycles. The van der Waals surface area contributed by atoms with E-state index in [1.54, 1.807) is 0 Å². The fourth-order valence-electron chi connectivity index (χ4n) is 1.48. The maximum atomic E-state index is 11.5. The molecule has 0 aromatic carbocycles. The first kappa shape index (κ1) is 10.3. The number of ether oxygens (including phenoxy) is 2. The zero-order chi connectivity index (χ0) is 10.7. The molecule has 3 N–H and O–H groups in total. The number of amides is 1. The van der Waals surface area contributed by atoms with Crippen LogP contribution in [0, 0.1) is 5.92 Å². The average Bonchev–Trinajstić information content (AvgIpc) is 3.10. The number of carbonyl (C=O) groups excluding carboxylic acids is 1. The van der Waals surface area contributed by atoms with Gasteiger partial charge in [-0.1, -0.05) is 0 Å². The highest BCUT2D eigenvalue weighted by Crippen LogP contribution is 2.31. The first-order chi connectivity index (χ1) is 7.27. The predicted octanol–water partition coefficient (Wildman–Crippen LogP) is -0.272. The Hall–Kier alpha value is -1.23. The fraction of sp³-hybridized carbons (Fsp3) is 0.700. The minimum Gasteiger partial charge on any atom is -0.494 e. The lowest BCUT2D eigenvalue weighted by Crippen LogP contribution is -2.39. The van der Waals surface area contributed by atoms with Crippen LogP contribution in [0.25, 0.3) is 0 Å². The largest absolute Gasteiger partial charge is 0.494 e. The molecule has 0 aromatic rings. The van der Waals surface area contributed by atoms with Crippen LogP contribution in [-0.2, 0) is 14.3 Å². The number of hydrogen-bond acceptors (Lipinski definition) is 4. The van der Waals surface area contributed by atoms with Gasteiger partial charge < -0.3 is 20.5 Å². The molecule has 84 valence electrons. The normalized spacial score (nSPS) is 22.1. The SMILES string of the molecule is NC(CNC(=O)C1=COCCO1)C1CC1. The van der Waals surface area contributed by atoms with Crippen LogP contribution in [-0.4, -0.2) is 31.7 Å². The molecule has 5 heteroatoms. The fourth-order valence-corrected chi connectivity index (χ4v) is 1.48. The van der Waals surface area contributed by atoms with Crippen LogP contribution in [0.4, 0.5) is 0 Å². The molecule has 1 saturated carbocycles. The van der Waals surface area contributed by atoms with Crippen molar-refractivity contribution in [2.24, 2.45) is 11.7 Å². The van der Waals surface area contributed by atoms with Gasteiger partial charge in [-0.2, -0.15) is 0 Å². The molecule has 1 amide bonds. The highest BCUT2D eigenvalue weighted by molar-refractivity contribution is 5.91. The molecular weight excluding hydrogens is 196 g/mol. The van der Waals surface area contributed by atoms with Crippen molar-refractivity contribution in [2.75, 3.05) is 19.8 Å². The molecule has 1 unspecified atom stereocenters. The maximum absolute atomic E-state index is 11.5. The third-order valence-corrected chi connectivity index (χ3v) is 2.60. The zero-order valence-electron chi connectivity index (χ0n) is 8.57. The van der Waals surface area contributed by atoms with Crippen LogP contribution in [0.3, 0.4) is 0 Å². The van der Waals surface area contributed by atoms with Gasteiger partial charge in [0.05, 0.1) is 0 Å². The molecule has 1 fully saturated rings.